The summed E-state index contributed by atoms with van der Waals surface area (Å²) in [5.41, 5.74) is 0.960. The van der Waals surface area contributed by atoms with E-state index in [4.69, 9.17) is 4.74 Å². The van der Waals surface area contributed by atoms with Crippen molar-refractivity contribution in [3.05, 3.63) is 60.2 Å². The lowest BCUT2D eigenvalue weighted by Gasteiger charge is -2.42. The van der Waals surface area contributed by atoms with Crippen LogP contribution in [0.3, 0.4) is 0 Å². The standard InChI is InChI=1S/C22H28N2O3/c1-3-17-9-7-8-12-19(17)23-21(25)15-24-14-13-20(22(2,26)16-24)27-18-10-5-4-6-11-18/h4-12,20,26H,3,13-16H2,1-2H3,(H,23,25)/t20-,22-/m0/s1. The number of benzene rings is 2. The number of hydrogen-bond donors (Lipinski definition) is 2. The van der Waals surface area contributed by atoms with Gasteiger partial charge >= 0.3 is 0 Å². The molecule has 5 nitrogen and oxygen atoms in total. The third-order valence-corrected chi connectivity index (χ3v) is 5.01. The molecule has 5 heteroatoms. The number of amides is 1. The minimum absolute atomic E-state index is 0.0610. The van der Waals surface area contributed by atoms with E-state index in [0.29, 0.717) is 19.5 Å². The zero-order valence-corrected chi connectivity index (χ0v) is 16.0. The molecule has 2 N–H and O–H groups in total. The fourth-order valence-electron chi connectivity index (χ4n) is 3.57. The van der Waals surface area contributed by atoms with Crippen LogP contribution in [0, 0.1) is 0 Å². The molecular formula is C22H28N2O3. The second kappa shape index (κ2) is 8.55. The Morgan fingerprint density at radius 2 is 1.93 bits per heavy atom. The van der Waals surface area contributed by atoms with Gasteiger partial charge in [-0.15, -0.1) is 0 Å². The van der Waals surface area contributed by atoms with Crippen LogP contribution in [0.1, 0.15) is 25.8 Å². The molecule has 0 aromatic heterocycles. The van der Waals surface area contributed by atoms with Crippen molar-refractivity contribution in [3.8, 4) is 5.75 Å². The summed E-state index contributed by atoms with van der Waals surface area (Å²) in [7, 11) is 0. The first-order chi connectivity index (χ1) is 13.0. The Bertz CT molecular complexity index is 761. The Labute approximate surface area is 161 Å². The van der Waals surface area contributed by atoms with Crippen LogP contribution in [0.4, 0.5) is 5.69 Å². The molecule has 1 amide bonds. The highest BCUT2D eigenvalue weighted by Crippen LogP contribution is 2.26. The lowest BCUT2D eigenvalue weighted by molar-refractivity contribution is -0.123. The van der Waals surface area contributed by atoms with E-state index in [0.717, 1.165) is 23.4 Å². The fourth-order valence-corrected chi connectivity index (χ4v) is 3.57. The lowest BCUT2D eigenvalue weighted by atomic mass is 9.91. The van der Waals surface area contributed by atoms with Gasteiger partial charge in [-0.3, -0.25) is 9.69 Å². The molecule has 0 saturated carbocycles. The summed E-state index contributed by atoms with van der Waals surface area (Å²) in [6.07, 6.45) is 1.24. The van der Waals surface area contributed by atoms with Crippen molar-refractivity contribution in [2.45, 2.75) is 38.4 Å². The van der Waals surface area contributed by atoms with E-state index < -0.39 is 5.60 Å². The van der Waals surface area contributed by atoms with Crippen molar-refractivity contribution in [1.82, 2.24) is 4.90 Å². The number of carbonyl (C=O) groups is 1. The van der Waals surface area contributed by atoms with Gasteiger partial charge in [-0.05, 0) is 43.5 Å². The highest BCUT2D eigenvalue weighted by Gasteiger charge is 2.40. The van der Waals surface area contributed by atoms with Gasteiger partial charge in [-0.25, -0.2) is 0 Å². The number of aliphatic hydroxyl groups is 1. The maximum Gasteiger partial charge on any atom is 0.238 e. The second-order valence-electron chi connectivity index (χ2n) is 7.33. The van der Waals surface area contributed by atoms with E-state index in [-0.39, 0.29) is 18.6 Å². The van der Waals surface area contributed by atoms with Crippen molar-refractivity contribution in [2.75, 3.05) is 25.0 Å². The highest BCUT2D eigenvalue weighted by molar-refractivity contribution is 5.93. The number of carbonyl (C=O) groups excluding carboxylic acids is 1. The summed E-state index contributed by atoms with van der Waals surface area (Å²) < 4.78 is 5.97. The second-order valence-corrected chi connectivity index (χ2v) is 7.33. The molecule has 1 heterocycles. The number of para-hydroxylation sites is 2. The van der Waals surface area contributed by atoms with Crippen LogP contribution < -0.4 is 10.1 Å². The quantitative estimate of drug-likeness (QED) is 0.823. The van der Waals surface area contributed by atoms with Gasteiger partial charge in [-0.1, -0.05) is 43.3 Å². The third-order valence-electron chi connectivity index (χ3n) is 5.01. The number of nitrogens with one attached hydrogen (secondary N) is 1. The van der Waals surface area contributed by atoms with Crippen LogP contribution in [-0.4, -0.2) is 47.3 Å². The van der Waals surface area contributed by atoms with Crippen LogP contribution in [0.2, 0.25) is 0 Å². The molecular weight excluding hydrogens is 340 g/mol. The molecule has 0 unspecified atom stereocenters. The Kier molecular flexibility index (Phi) is 6.14. The molecule has 1 aliphatic rings. The molecule has 0 spiro atoms. The van der Waals surface area contributed by atoms with Crippen LogP contribution in [0.5, 0.6) is 5.75 Å². The predicted octanol–water partition coefficient (Wildman–Crippen LogP) is 3.09. The first-order valence-corrected chi connectivity index (χ1v) is 9.52. The maximum absolute atomic E-state index is 12.5. The highest BCUT2D eigenvalue weighted by atomic mass is 16.5. The largest absolute Gasteiger partial charge is 0.487 e. The molecule has 1 saturated heterocycles. The van der Waals surface area contributed by atoms with E-state index >= 15 is 0 Å². The third kappa shape index (κ3) is 5.08. The average Bonchev–Trinajstić information content (AvgIpc) is 2.65. The molecule has 0 bridgehead atoms. The number of hydrogen-bond acceptors (Lipinski definition) is 4. The van der Waals surface area contributed by atoms with Crippen molar-refractivity contribution in [3.63, 3.8) is 0 Å². The Hall–Kier alpha value is -2.37. The Morgan fingerprint density at radius 3 is 2.63 bits per heavy atom. The van der Waals surface area contributed by atoms with Crippen molar-refractivity contribution >= 4 is 11.6 Å². The molecule has 0 radical (unpaired) electrons. The summed E-state index contributed by atoms with van der Waals surface area (Å²) in [4.78, 5) is 14.4. The van der Waals surface area contributed by atoms with Crippen molar-refractivity contribution < 1.29 is 14.6 Å². The van der Waals surface area contributed by atoms with Crippen LogP contribution >= 0.6 is 0 Å². The average molecular weight is 368 g/mol. The summed E-state index contributed by atoms with van der Waals surface area (Å²) in [6, 6.07) is 17.4. The number of rotatable bonds is 6. The summed E-state index contributed by atoms with van der Waals surface area (Å²) >= 11 is 0. The van der Waals surface area contributed by atoms with Gasteiger partial charge in [-0.2, -0.15) is 0 Å². The molecule has 2 atom stereocenters. The number of anilines is 1. The topological polar surface area (TPSA) is 61.8 Å². The van der Waals surface area contributed by atoms with E-state index in [1.165, 1.54) is 0 Å². The van der Waals surface area contributed by atoms with Crippen LogP contribution in [-0.2, 0) is 11.2 Å². The van der Waals surface area contributed by atoms with Gasteiger partial charge in [0, 0.05) is 18.8 Å². The van der Waals surface area contributed by atoms with E-state index in [1.807, 2.05) is 59.5 Å². The summed E-state index contributed by atoms with van der Waals surface area (Å²) in [5, 5.41) is 13.8. The van der Waals surface area contributed by atoms with Crippen LogP contribution in [0.25, 0.3) is 0 Å². The number of β-amino-alcohol motifs (C(OH)–C–C–N with tert-alkyl or cyclic N) is 1. The monoisotopic (exact) mass is 368 g/mol. The Morgan fingerprint density at radius 1 is 1.22 bits per heavy atom. The van der Waals surface area contributed by atoms with Gasteiger partial charge in [0.2, 0.25) is 5.91 Å². The molecule has 2 aromatic carbocycles. The van der Waals surface area contributed by atoms with Gasteiger partial charge in [0.25, 0.3) is 0 Å². The van der Waals surface area contributed by atoms with Gasteiger partial charge in [0.05, 0.1) is 6.54 Å². The molecule has 1 aliphatic heterocycles. The first kappa shape index (κ1) is 19.4. The zero-order chi connectivity index (χ0) is 19.3. The van der Waals surface area contributed by atoms with Crippen LogP contribution in [0.15, 0.2) is 54.6 Å². The van der Waals surface area contributed by atoms with Gasteiger partial charge < -0.3 is 15.2 Å². The van der Waals surface area contributed by atoms with E-state index in [1.54, 1.807) is 6.92 Å². The maximum atomic E-state index is 12.5. The van der Waals surface area contributed by atoms with Crippen molar-refractivity contribution in [1.29, 1.82) is 0 Å². The normalized spacial score (nSPS) is 23.0. The minimum Gasteiger partial charge on any atom is -0.487 e. The number of piperidine rings is 1. The molecule has 27 heavy (non-hydrogen) atoms. The molecule has 2 aromatic rings. The molecule has 0 aliphatic carbocycles. The number of nitrogens with zero attached hydrogens (tertiary/aromatic N) is 1. The molecule has 1 fully saturated rings. The zero-order valence-electron chi connectivity index (χ0n) is 16.0. The van der Waals surface area contributed by atoms with Gasteiger partial charge in [0.1, 0.15) is 17.5 Å². The number of ether oxygens (including phenoxy) is 1. The molecule has 3 rings (SSSR count). The lowest BCUT2D eigenvalue weighted by Crippen LogP contribution is -2.58. The fraction of sp³-hybridized carbons (Fsp3) is 0.409. The molecule has 144 valence electrons. The summed E-state index contributed by atoms with van der Waals surface area (Å²) in [5.74, 6) is 0.694. The SMILES string of the molecule is CCc1ccccc1NC(=O)CN1CC[C@H](Oc2ccccc2)[C@@](C)(O)C1. The van der Waals surface area contributed by atoms with Gasteiger partial charge in [0.15, 0.2) is 0 Å². The first-order valence-electron chi connectivity index (χ1n) is 9.52. The summed E-state index contributed by atoms with van der Waals surface area (Å²) in [6.45, 7) is 5.20. The number of likely N-dealkylation sites (tertiary alicyclic amines) is 1. The minimum atomic E-state index is -1.02. The smallest absolute Gasteiger partial charge is 0.238 e. The van der Waals surface area contributed by atoms with E-state index in [2.05, 4.69) is 12.2 Å². The predicted molar refractivity (Wildman–Crippen MR) is 107 cm³/mol. The Balaban J connectivity index is 1.56. The van der Waals surface area contributed by atoms with E-state index in [9.17, 15) is 9.90 Å². The number of aryl methyl sites for hydroxylation is 1. The van der Waals surface area contributed by atoms with Crippen molar-refractivity contribution in [2.24, 2.45) is 0 Å².